The molecule has 1 aliphatic rings. The molecule has 18 heavy (non-hydrogen) atoms. The molecule has 2 heteroatoms. The van der Waals surface area contributed by atoms with Gasteiger partial charge in [0.05, 0.1) is 0 Å². The van der Waals surface area contributed by atoms with Gasteiger partial charge < -0.3 is 5.32 Å². The standard InChI is InChI=1S/C16H27NS/c1-4-13-7-9-14(10-8-13)16(17-5-2)15-11-6-12(3)18-15/h6,11,13-14,16-17H,4-5,7-10H2,1-3H3. The van der Waals surface area contributed by atoms with E-state index in [1.807, 2.05) is 11.3 Å². The van der Waals surface area contributed by atoms with Crippen LogP contribution >= 0.6 is 11.3 Å². The lowest BCUT2D eigenvalue weighted by Gasteiger charge is -2.33. The molecule has 1 aromatic heterocycles. The van der Waals surface area contributed by atoms with Gasteiger partial charge in [-0.3, -0.25) is 0 Å². The normalized spacial score (nSPS) is 26.2. The summed E-state index contributed by atoms with van der Waals surface area (Å²) in [7, 11) is 0. The number of thiophene rings is 1. The lowest BCUT2D eigenvalue weighted by Crippen LogP contribution is -2.30. The smallest absolute Gasteiger partial charge is 0.0443 e. The van der Waals surface area contributed by atoms with E-state index in [0.717, 1.165) is 18.4 Å². The van der Waals surface area contributed by atoms with Crippen LogP contribution in [0.4, 0.5) is 0 Å². The van der Waals surface area contributed by atoms with Crippen LogP contribution in [0.25, 0.3) is 0 Å². The Labute approximate surface area is 116 Å². The molecule has 1 heterocycles. The summed E-state index contributed by atoms with van der Waals surface area (Å²) in [6.07, 6.45) is 7.07. The summed E-state index contributed by atoms with van der Waals surface area (Å²) in [6.45, 7) is 7.86. The highest BCUT2D eigenvalue weighted by Gasteiger charge is 2.28. The minimum absolute atomic E-state index is 0.603. The Balaban J connectivity index is 2.02. The van der Waals surface area contributed by atoms with Crippen LogP contribution in [0.15, 0.2) is 12.1 Å². The molecular weight excluding hydrogens is 238 g/mol. The Morgan fingerprint density at radius 1 is 1.22 bits per heavy atom. The zero-order valence-corrected chi connectivity index (χ0v) is 12.9. The van der Waals surface area contributed by atoms with Crippen molar-refractivity contribution in [3.63, 3.8) is 0 Å². The van der Waals surface area contributed by atoms with Crippen LogP contribution in [-0.2, 0) is 0 Å². The topological polar surface area (TPSA) is 12.0 Å². The summed E-state index contributed by atoms with van der Waals surface area (Å²) < 4.78 is 0. The Kier molecular flexibility index (Phi) is 5.25. The van der Waals surface area contributed by atoms with Crippen LogP contribution in [-0.4, -0.2) is 6.54 Å². The molecule has 0 radical (unpaired) electrons. The van der Waals surface area contributed by atoms with E-state index in [9.17, 15) is 0 Å². The van der Waals surface area contributed by atoms with Gasteiger partial charge in [0.25, 0.3) is 0 Å². The maximum absolute atomic E-state index is 3.73. The minimum atomic E-state index is 0.603. The first-order valence-corrected chi connectivity index (χ1v) is 8.36. The average Bonchev–Trinajstić information content (AvgIpc) is 2.82. The molecule has 0 bridgehead atoms. The first kappa shape index (κ1) is 14.1. The van der Waals surface area contributed by atoms with Crippen molar-refractivity contribution in [3.8, 4) is 0 Å². The molecule has 1 saturated carbocycles. The third-order valence-electron chi connectivity index (χ3n) is 4.43. The number of hydrogen-bond donors (Lipinski definition) is 1. The highest BCUT2D eigenvalue weighted by atomic mass is 32.1. The summed E-state index contributed by atoms with van der Waals surface area (Å²) in [6, 6.07) is 5.20. The molecule has 1 fully saturated rings. The van der Waals surface area contributed by atoms with Crippen LogP contribution in [0.2, 0.25) is 0 Å². The quantitative estimate of drug-likeness (QED) is 0.796. The fourth-order valence-corrected chi connectivity index (χ4v) is 4.32. The van der Waals surface area contributed by atoms with Crippen LogP contribution in [0.5, 0.6) is 0 Å². The van der Waals surface area contributed by atoms with Gasteiger partial charge in [-0.2, -0.15) is 0 Å². The number of aryl methyl sites for hydroxylation is 1. The molecular formula is C16H27NS. The third-order valence-corrected chi connectivity index (χ3v) is 5.52. The van der Waals surface area contributed by atoms with E-state index in [0.29, 0.717) is 6.04 Å². The highest BCUT2D eigenvalue weighted by Crippen LogP contribution is 2.39. The lowest BCUT2D eigenvalue weighted by molar-refractivity contribution is 0.222. The van der Waals surface area contributed by atoms with E-state index >= 15 is 0 Å². The number of rotatable bonds is 5. The molecule has 1 N–H and O–H groups in total. The van der Waals surface area contributed by atoms with Crippen molar-refractivity contribution in [2.24, 2.45) is 11.8 Å². The number of nitrogens with one attached hydrogen (secondary N) is 1. The molecule has 0 aromatic carbocycles. The second-order valence-electron chi connectivity index (χ2n) is 5.67. The van der Waals surface area contributed by atoms with Gasteiger partial charge in [0.15, 0.2) is 0 Å². The van der Waals surface area contributed by atoms with Gasteiger partial charge in [0.1, 0.15) is 0 Å². The minimum Gasteiger partial charge on any atom is -0.309 e. The van der Waals surface area contributed by atoms with E-state index in [2.05, 4.69) is 38.2 Å². The van der Waals surface area contributed by atoms with E-state index < -0.39 is 0 Å². The Morgan fingerprint density at radius 3 is 2.44 bits per heavy atom. The molecule has 0 amide bonds. The highest BCUT2D eigenvalue weighted by molar-refractivity contribution is 7.12. The first-order chi connectivity index (χ1) is 8.74. The maximum atomic E-state index is 3.73. The Hall–Kier alpha value is -0.340. The molecule has 1 nitrogen and oxygen atoms in total. The molecule has 0 aliphatic heterocycles. The molecule has 1 aromatic rings. The van der Waals surface area contributed by atoms with Crippen molar-refractivity contribution in [2.75, 3.05) is 6.54 Å². The molecule has 1 unspecified atom stereocenters. The predicted octanol–water partition coefficient (Wildman–Crippen LogP) is 4.92. The van der Waals surface area contributed by atoms with E-state index in [-0.39, 0.29) is 0 Å². The molecule has 1 atom stereocenters. The molecule has 0 saturated heterocycles. The van der Waals surface area contributed by atoms with Crippen LogP contribution in [0, 0.1) is 18.8 Å². The lowest BCUT2D eigenvalue weighted by atomic mass is 9.77. The summed E-state index contributed by atoms with van der Waals surface area (Å²) in [5.74, 6) is 1.85. The van der Waals surface area contributed by atoms with Crippen molar-refractivity contribution in [1.29, 1.82) is 0 Å². The fourth-order valence-electron chi connectivity index (χ4n) is 3.27. The summed E-state index contributed by atoms with van der Waals surface area (Å²) in [5.41, 5.74) is 0. The molecule has 102 valence electrons. The summed E-state index contributed by atoms with van der Waals surface area (Å²) in [4.78, 5) is 2.99. The molecule has 1 aliphatic carbocycles. The van der Waals surface area contributed by atoms with Crippen LogP contribution < -0.4 is 5.32 Å². The van der Waals surface area contributed by atoms with Gasteiger partial charge in [-0.1, -0.05) is 33.1 Å². The Morgan fingerprint density at radius 2 is 1.94 bits per heavy atom. The van der Waals surface area contributed by atoms with Gasteiger partial charge in [-0.05, 0) is 50.3 Å². The van der Waals surface area contributed by atoms with E-state index in [4.69, 9.17) is 0 Å². The SMILES string of the molecule is CCNC(c1ccc(C)s1)C1CCC(CC)CC1. The van der Waals surface area contributed by atoms with Gasteiger partial charge in [-0.15, -0.1) is 11.3 Å². The molecule has 0 spiro atoms. The molecule has 2 rings (SSSR count). The first-order valence-electron chi connectivity index (χ1n) is 7.54. The maximum Gasteiger partial charge on any atom is 0.0443 e. The Bertz CT molecular complexity index is 350. The monoisotopic (exact) mass is 265 g/mol. The van der Waals surface area contributed by atoms with Crippen molar-refractivity contribution < 1.29 is 0 Å². The van der Waals surface area contributed by atoms with Gasteiger partial charge in [-0.25, -0.2) is 0 Å². The fraction of sp³-hybridized carbons (Fsp3) is 0.750. The second-order valence-corrected chi connectivity index (χ2v) is 6.99. The van der Waals surface area contributed by atoms with Crippen molar-refractivity contribution >= 4 is 11.3 Å². The summed E-state index contributed by atoms with van der Waals surface area (Å²) in [5, 5.41) is 3.73. The summed E-state index contributed by atoms with van der Waals surface area (Å²) >= 11 is 1.97. The number of hydrogen-bond acceptors (Lipinski definition) is 2. The average molecular weight is 265 g/mol. The van der Waals surface area contributed by atoms with E-state index in [1.54, 1.807) is 4.88 Å². The zero-order chi connectivity index (χ0) is 13.0. The van der Waals surface area contributed by atoms with Crippen molar-refractivity contribution in [3.05, 3.63) is 21.9 Å². The van der Waals surface area contributed by atoms with Gasteiger partial charge in [0, 0.05) is 15.8 Å². The van der Waals surface area contributed by atoms with Crippen LogP contribution in [0.3, 0.4) is 0 Å². The van der Waals surface area contributed by atoms with Crippen molar-refractivity contribution in [2.45, 2.75) is 58.9 Å². The van der Waals surface area contributed by atoms with Gasteiger partial charge in [0.2, 0.25) is 0 Å². The zero-order valence-electron chi connectivity index (χ0n) is 12.0. The second kappa shape index (κ2) is 6.72. The predicted molar refractivity (Wildman–Crippen MR) is 81.2 cm³/mol. The van der Waals surface area contributed by atoms with Crippen molar-refractivity contribution in [1.82, 2.24) is 5.32 Å². The van der Waals surface area contributed by atoms with Crippen LogP contribution in [0.1, 0.15) is 61.7 Å². The largest absolute Gasteiger partial charge is 0.309 e. The van der Waals surface area contributed by atoms with E-state index in [1.165, 1.54) is 37.0 Å². The van der Waals surface area contributed by atoms with Gasteiger partial charge >= 0.3 is 0 Å². The third kappa shape index (κ3) is 3.36.